The number of imidazole rings is 1. The number of carbonyl (C=O) groups is 4. The summed E-state index contributed by atoms with van der Waals surface area (Å²) in [6, 6.07) is -1.14. The van der Waals surface area contributed by atoms with Crippen LogP contribution in [-0.2, 0) is 55.5 Å². The third-order valence-corrected chi connectivity index (χ3v) is 15.5. The van der Waals surface area contributed by atoms with Gasteiger partial charge in [-0.05, 0) is 12.3 Å². The minimum Gasteiger partial charge on any atom is -0.392 e. The molecule has 1 aliphatic heterocycles. The Hall–Kier alpha value is -3.74. The second-order valence-corrected chi connectivity index (χ2v) is 22.4. The number of hydrogen-bond donors (Lipinski definition) is 13. The van der Waals surface area contributed by atoms with E-state index in [0.717, 1.165) is 29.0 Å². The van der Waals surface area contributed by atoms with Gasteiger partial charge in [-0.25, -0.2) is 33.6 Å². The second-order valence-electron chi connectivity index (χ2n) is 17.1. The van der Waals surface area contributed by atoms with Crippen LogP contribution in [0.2, 0.25) is 0 Å². The number of hydrogen-bond acceptors (Lipinski definition) is 21. The lowest BCUT2D eigenvalue weighted by molar-refractivity contribution is -0.137. The minimum absolute atomic E-state index is 0.0145. The molecule has 2 aromatic rings. The molecular weight excluding hydrogens is 1020 g/mol. The van der Waals surface area contributed by atoms with Crippen molar-refractivity contribution >= 4 is 81.0 Å². The highest BCUT2D eigenvalue weighted by Crippen LogP contribution is 2.61. The highest BCUT2D eigenvalue weighted by atomic mass is 32.2. The molecule has 16 N–H and O–H groups in total. The molecule has 3 amide bonds. The number of nitrogens with one attached hydrogen (secondary N) is 3. The van der Waals surface area contributed by atoms with Gasteiger partial charge in [0.1, 0.15) is 36.3 Å². The number of phosphoric acid groups is 3. The Kier molecular flexibility index (Phi) is 20.8. The molecule has 2 fully saturated rings. The van der Waals surface area contributed by atoms with Crippen LogP contribution < -0.4 is 33.2 Å². The summed E-state index contributed by atoms with van der Waals surface area (Å²) in [6.45, 7) is 5.38. The molecule has 70 heavy (non-hydrogen) atoms. The zero-order valence-corrected chi connectivity index (χ0v) is 42.1. The van der Waals surface area contributed by atoms with Gasteiger partial charge in [0.15, 0.2) is 28.8 Å². The summed E-state index contributed by atoms with van der Waals surface area (Å²) in [5.74, 6) is -3.55. The van der Waals surface area contributed by atoms with E-state index < -0.39 is 115 Å². The lowest BCUT2D eigenvalue weighted by atomic mass is 9.80. The highest BCUT2D eigenvalue weighted by molar-refractivity contribution is 8.13. The molecule has 3 heterocycles. The van der Waals surface area contributed by atoms with Crippen LogP contribution in [0.5, 0.6) is 0 Å². The summed E-state index contributed by atoms with van der Waals surface area (Å²) >= 11 is 0.881. The van der Waals surface area contributed by atoms with Gasteiger partial charge in [0.2, 0.25) is 17.7 Å². The van der Waals surface area contributed by atoms with Gasteiger partial charge in [0.25, 0.3) is 0 Å². The number of aromatic nitrogens is 4. The van der Waals surface area contributed by atoms with Gasteiger partial charge in [-0.15, -0.1) is 0 Å². The van der Waals surface area contributed by atoms with E-state index in [0.29, 0.717) is 12.8 Å². The molecule has 4 rings (SSSR count). The van der Waals surface area contributed by atoms with Gasteiger partial charge >= 0.3 is 23.5 Å². The number of amides is 3. The van der Waals surface area contributed by atoms with Crippen molar-refractivity contribution in [2.24, 2.45) is 39.6 Å². The van der Waals surface area contributed by atoms with E-state index in [1.54, 1.807) is 0 Å². The molecule has 1 saturated carbocycles. The molecule has 34 heteroatoms. The zero-order valence-electron chi connectivity index (χ0n) is 38.6. The van der Waals surface area contributed by atoms with Crippen LogP contribution in [-0.4, -0.2) is 158 Å². The second kappa shape index (κ2) is 24.8. The van der Waals surface area contributed by atoms with Crippen molar-refractivity contribution in [3.05, 3.63) is 12.7 Å². The number of fused-ring (bicyclic) bond motifs is 1. The van der Waals surface area contributed by atoms with Crippen LogP contribution in [0.15, 0.2) is 17.6 Å². The molecule has 12 atom stereocenters. The maximum Gasteiger partial charge on any atom is 0.481 e. The SMILES string of the molecule is CCC(CC)[C@@H](NC(C)=O)[C@@H]1[C@H](O)[C@@H](C(=O)SCCNC(=O)CCNC(=O)C(O)C(C)(C)COP(=O)(O)OP(=O)(O)OCC2OC(n3cnc4c(N)ncnc43)C(O)C2OP(=O)(O)O)C[C@H]1N=C(N)N. The van der Waals surface area contributed by atoms with Crippen LogP contribution in [0.4, 0.5) is 5.82 Å². The first-order chi connectivity index (χ1) is 32.5. The first kappa shape index (κ1) is 58.8. The molecule has 30 nitrogen and oxygen atoms in total. The standard InChI is InChI=1S/C36H62N11O19P3S/c1-6-18(7-2)24(45-17(3)48)23-20(46-35(38)39)12-19(26(23)50)34(54)70-11-10-40-22(49)8-9-41-32(53)29(52)36(4,5)14-63-69(60,61)66-68(58,59)62-13-21-28(65-67(55,56)57)27(51)33(64-21)47-16-44-25-30(37)42-15-43-31(25)47/h15-16,18-21,23-24,26-29,33,50-52H,6-14H2,1-5H3,(H,40,49)(H,41,53)(H,45,48)(H,58,59)(H,60,61)(H2,37,42,43)(H4,38,39,46)(H2,55,56,57)/t19-,20+,21?,23+,24+,26+,27?,28?,29?,33?/m0/s1. The number of aliphatic hydroxyl groups is 3. The van der Waals surface area contributed by atoms with Crippen molar-refractivity contribution in [1.29, 1.82) is 0 Å². The molecule has 1 aliphatic carbocycles. The quantitative estimate of drug-likeness (QED) is 0.0215. The number of phosphoric ester groups is 3. The van der Waals surface area contributed by atoms with Gasteiger partial charge in [0, 0.05) is 49.6 Å². The molecule has 2 aliphatic rings. The Labute approximate surface area is 405 Å². The Morgan fingerprint density at radius 1 is 1.00 bits per heavy atom. The van der Waals surface area contributed by atoms with Crippen molar-refractivity contribution < 1.29 is 90.4 Å². The third-order valence-electron chi connectivity index (χ3n) is 11.5. The minimum atomic E-state index is -5.62. The Bertz CT molecular complexity index is 2340. The van der Waals surface area contributed by atoms with E-state index in [9.17, 15) is 67.8 Å². The van der Waals surface area contributed by atoms with Gasteiger partial charge in [-0.1, -0.05) is 52.3 Å². The fourth-order valence-corrected chi connectivity index (χ4v) is 11.7. The summed E-state index contributed by atoms with van der Waals surface area (Å²) in [5, 5.41) is 40.5. The predicted molar refractivity (Wildman–Crippen MR) is 246 cm³/mol. The number of aliphatic hydroxyl groups excluding tert-OH is 3. The van der Waals surface area contributed by atoms with Gasteiger partial charge in [-0.3, -0.25) is 37.3 Å². The summed E-state index contributed by atoms with van der Waals surface area (Å²) in [5.41, 5.74) is 15.5. The number of guanidine groups is 1. The van der Waals surface area contributed by atoms with E-state index in [4.69, 9.17) is 31.0 Å². The first-order valence-electron chi connectivity index (χ1n) is 21.6. The third kappa shape index (κ3) is 16.1. The lowest BCUT2D eigenvalue weighted by Crippen LogP contribution is -2.50. The van der Waals surface area contributed by atoms with Crippen molar-refractivity contribution in [2.75, 3.05) is 37.8 Å². The molecule has 1 saturated heterocycles. The van der Waals surface area contributed by atoms with Crippen molar-refractivity contribution in [3.8, 4) is 0 Å². The van der Waals surface area contributed by atoms with E-state index in [1.807, 2.05) is 13.8 Å². The monoisotopic (exact) mass is 1080 g/mol. The zero-order chi connectivity index (χ0) is 52.5. The normalized spacial score (nSPS) is 25.4. The maximum absolute atomic E-state index is 13.3. The fraction of sp³-hybridized carbons (Fsp3) is 0.722. The molecule has 396 valence electrons. The molecular formula is C36H62N11O19P3S. The average molecular weight is 1080 g/mol. The summed E-state index contributed by atoms with van der Waals surface area (Å²) < 4.78 is 62.5. The summed E-state index contributed by atoms with van der Waals surface area (Å²) in [4.78, 5) is 106. The smallest absolute Gasteiger partial charge is 0.392 e. The Balaban J connectivity index is 1.21. The highest BCUT2D eigenvalue weighted by Gasteiger charge is 2.52. The largest absolute Gasteiger partial charge is 0.481 e. The first-order valence-corrected chi connectivity index (χ1v) is 27.1. The van der Waals surface area contributed by atoms with E-state index in [-0.39, 0.29) is 71.6 Å². The van der Waals surface area contributed by atoms with Crippen LogP contribution >= 0.6 is 35.2 Å². The molecule has 0 spiro atoms. The number of thioether (sulfide) groups is 1. The van der Waals surface area contributed by atoms with E-state index >= 15 is 0 Å². The van der Waals surface area contributed by atoms with Crippen LogP contribution in [0.3, 0.4) is 0 Å². The predicted octanol–water partition coefficient (Wildman–Crippen LogP) is -1.76. The van der Waals surface area contributed by atoms with Crippen LogP contribution in [0, 0.1) is 23.2 Å². The fourth-order valence-electron chi connectivity index (χ4n) is 8.02. The van der Waals surface area contributed by atoms with Crippen molar-refractivity contribution in [1.82, 2.24) is 35.5 Å². The molecule has 2 aromatic heterocycles. The van der Waals surface area contributed by atoms with Gasteiger partial charge in [-0.2, -0.15) is 4.31 Å². The average Bonchev–Trinajstić information content (AvgIpc) is 3.92. The Morgan fingerprint density at radius 3 is 2.27 bits per heavy atom. The molecule has 7 unspecified atom stereocenters. The number of aliphatic imine (C=N–C) groups is 1. The summed E-state index contributed by atoms with van der Waals surface area (Å²) in [7, 11) is -16.5. The van der Waals surface area contributed by atoms with Crippen LogP contribution in [0.1, 0.15) is 66.5 Å². The number of nitrogens with two attached hydrogens (primary N) is 3. The number of nitrogens with zero attached hydrogens (tertiary/aromatic N) is 5. The van der Waals surface area contributed by atoms with Crippen molar-refractivity contribution in [2.45, 2.75) is 109 Å². The number of nitrogen functional groups attached to an aromatic ring is 1. The van der Waals surface area contributed by atoms with E-state index in [2.05, 4.69) is 44.7 Å². The van der Waals surface area contributed by atoms with Crippen molar-refractivity contribution in [3.63, 3.8) is 0 Å². The number of anilines is 1. The van der Waals surface area contributed by atoms with Crippen LogP contribution in [0.25, 0.3) is 11.2 Å². The molecule has 0 bridgehead atoms. The van der Waals surface area contributed by atoms with Gasteiger partial charge in [0.05, 0.1) is 37.6 Å². The summed E-state index contributed by atoms with van der Waals surface area (Å²) in [6.07, 6.45) is -6.86. The molecule has 0 aromatic carbocycles. The van der Waals surface area contributed by atoms with Gasteiger partial charge < -0.3 is 72.8 Å². The number of rotatable bonds is 26. The lowest BCUT2D eigenvalue weighted by Gasteiger charge is -2.35. The topological polar surface area (TPSA) is 477 Å². The van der Waals surface area contributed by atoms with E-state index in [1.165, 1.54) is 20.8 Å². The maximum atomic E-state index is 13.3. The molecule has 0 radical (unpaired) electrons. The number of ether oxygens (including phenoxy) is 1. The number of carbonyl (C=O) groups excluding carboxylic acids is 4. The Morgan fingerprint density at radius 2 is 1.66 bits per heavy atom.